The van der Waals surface area contributed by atoms with Crippen molar-refractivity contribution >= 4 is 34.4 Å². The number of carbonyl (C=O) groups is 1. The lowest BCUT2D eigenvalue weighted by molar-refractivity contribution is -0.127. The molecular formula is C33H38N8O3. The molecule has 6 rings (SSSR count). The number of amides is 1. The second-order valence-corrected chi connectivity index (χ2v) is 11.4. The zero-order valence-corrected chi connectivity index (χ0v) is 25.3. The summed E-state index contributed by atoms with van der Waals surface area (Å²) in [4.78, 5) is 46.9. The van der Waals surface area contributed by atoms with Gasteiger partial charge in [-0.15, -0.1) is 0 Å². The van der Waals surface area contributed by atoms with E-state index < -0.39 is 0 Å². The fraction of sp³-hybridized carbons (Fsp3) is 0.364. The van der Waals surface area contributed by atoms with E-state index in [2.05, 4.69) is 39.8 Å². The van der Waals surface area contributed by atoms with Crippen molar-refractivity contribution in [3.63, 3.8) is 0 Å². The number of piperidine rings is 1. The van der Waals surface area contributed by atoms with Crippen LogP contribution in [0.5, 0.6) is 5.75 Å². The number of piperazine rings is 1. The van der Waals surface area contributed by atoms with Crippen molar-refractivity contribution in [1.82, 2.24) is 29.3 Å². The lowest BCUT2D eigenvalue weighted by atomic mass is 9.97. The van der Waals surface area contributed by atoms with Crippen molar-refractivity contribution in [3.8, 4) is 17.0 Å². The number of likely N-dealkylation sites (tertiary alicyclic amines) is 1. The monoisotopic (exact) mass is 594 g/mol. The summed E-state index contributed by atoms with van der Waals surface area (Å²) in [7, 11) is 3.78. The Labute approximate surface area is 256 Å². The molecule has 0 radical (unpaired) electrons. The average molecular weight is 595 g/mol. The van der Waals surface area contributed by atoms with E-state index in [1.165, 1.54) is 6.08 Å². The van der Waals surface area contributed by atoms with Gasteiger partial charge in [-0.1, -0.05) is 36.9 Å². The van der Waals surface area contributed by atoms with Crippen LogP contribution in [0.2, 0.25) is 0 Å². The van der Waals surface area contributed by atoms with Crippen LogP contribution in [0.1, 0.15) is 12.8 Å². The maximum Gasteiger partial charge on any atom is 0.278 e. The highest BCUT2D eigenvalue weighted by Gasteiger charge is 2.25. The van der Waals surface area contributed by atoms with Gasteiger partial charge in [0.2, 0.25) is 11.9 Å². The van der Waals surface area contributed by atoms with Crippen LogP contribution in [0, 0.1) is 5.92 Å². The Bertz CT molecular complexity index is 1720. The number of hydrogen-bond acceptors (Lipinski definition) is 9. The summed E-state index contributed by atoms with van der Waals surface area (Å²) in [5.74, 6) is 0.994. The number of anilines is 3. The van der Waals surface area contributed by atoms with E-state index in [1.54, 1.807) is 22.8 Å². The summed E-state index contributed by atoms with van der Waals surface area (Å²) >= 11 is 0. The number of hydrogen-bond donors (Lipinski definition) is 1. The first-order chi connectivity index (χ1) is 21.4. The Morgan fingerprint density at radius 1 is 1.09 bits per heavy atom. The first-order valence-corrected chi connectivity index (χ1v) is 15.1. The molecule has 2 aromatic heterocycles. The molecule has 1 unspecified atom stereocenters. The van der Waals surface area contributed by atoms with E-state index in [1.807, 2.05) is 42.5 Å². The van der Waals surface area contributed by atoms with Gasteiger partial charge in [0.25, 0.3) is 5.56 Å². The minimum absolute atomic E-state index is 0.0770. The van der Waals surface area contributed by atoms with E-state index >= 15 is 0 Å². The summed E-state index contributed by atoms with van der Waals surface area (Å²) in [5.41, 5.74) is 3.62. The molecule has 0 spiro atoms. The van der Waals surface area contributed by atoms with E-state index in [0.717, 1.165) is 56.0 Å². The molecule has 4 aromatic rings. The summed E-state index contributed by atoms with van der Waals surface area (Å²) in [6.07, 6.45) is 4.75. The van der Waals surface area contributed by atoms with Gasteiger partial charge in [-0.2, -0.15) is 4.98 Å². The number of nitrogens with zero attached hydrogens (tertiary/aromatic N) is 7. The van der Waals surface area contributed by atoms with Gasteiger partial charge in [0.05, 0.1) is 19.0 Å². The first-order valence-electron chi connectivity index (χ1n) is 15.1. The summed E-state index contributed by atoms with van der Waals surface area (Å²) < 4.78 is 7.43. The molecule has 0 saturated carbocycles. The van der Waals surface area contributed by atoms with E-state index in [-0.39, 0.29) is 17.4 Å². The Morgan fingerprint density at radius 3 is 2.64 bits per heavy atom. The molecule has 2 aliphatic rings. The van der Waals surface area contributed by atoms with Crippen LogP contribution in [-0.2, 0) is 11.3 Å². The third kappa shape index (κ3) is 6.14. The molecule has 0 bridgehead atoms. The number of nitrogens with one attached hydrogen (secondary N) is 1. The molecule has 11 heteroatoms. The zero-order valence-electron chi connectivity index (χ0n) is 25.3. The first kappa shape index (κ1) is 29.3. The Balaban J connectivity index is 1.35. The van der Waals surface area contributed by atoms with Crippen molar-refractivity contribution in [2.45, 2.75) is 19.4 Å². The molecule has 4 heterocycles. The predicted molar refractivity (Wildman–Crippen MR) is 173 cm³/mol. The average Bonchev–Trinajstić information content (AvgIpc) is 3.06. The number of ether oxygens (including phenoxy) is 1. The molecule has 228 valence electrons. The van der Waals surface area contributed by atoms with Crippen LogP contribution in [0.3, 0.4) is 0 Å². The Morgan fingerprint density at radius 2 is 1.89 bits per heavy atom. The zero-order chi connectivity index (χ0) is 30.6. The molecule has 1 amide bonds. The van der Waals surface area contributed by atoms with E-state index in [9.17, 15) is 9.59 Å². The highest BCUT2D eigenvalue weighted by atomic mass is 16.5. The third-order valence-electron chi connectivity index (χ3n) is 8.48. The SMILES string of the molecule is C=CC(=O)N1CCCC(Cn2c(=O)c(-c3ccccc3)nc3cnc(Nc4ccc(N5CCN(C)CC5)cc4OC)nc32)C1. The van der Waals surface area contributed by atoms with Crippen molar-refractivity contribution in [3.05, 3.63) is 77.7 Å². The molecule has 2 fully saturated rings. The molecule has 11 nitrogen and oxygen atoms in total. The van der Waals surface area contributed by atoms with Gasteiger partial charge in [0.1, 0.15) is 17.0 Å². The summed E-state index contributed by atoms with van der Waals surface area (Å²) in [6, 6.07) is 15.5. The summed E-state index contributed by atoms with van der Waals surface area (Å²) in [6.45, 7) is 9.21. The van der Waals surface area contributed by atoms with Crippen molar-refractivity contribution < 1.29 is 9.53 Å². The van der Waals surface area contributed by atoms with Gasteiger partial charge in [-0.3, -0.25) is 14.2 Å². The number of benzene rings is 2. The Hall–Kier alpha value is -4.77. The van der Waals surface area contributed by atoms with Crippen molar-refractivity contribution in [2.75, 3.05) is 63.6 Å². The van der Waals surface area contributed by atoms with Crippen LogP contribution >= 0.6 is 0 Å². The topological polar surface area (TPSA) is 109 Å². The highest BCUT2D eigenvalue weighted by Crippen LogP contribution is 2.32. The molecule has 2 aromatic carbocycles. The maximum atomic E-state index is 14.0. The quantitative estimate of drug-likeness (QED) is 0.305. The largest absolute Gasteiger partial charge is 0.494 e. The molecule has 2 saturated heterocycles. The van der Waals surface area contributed by atoms with E-state index in [0.29, 0.717) is 48.2 Å². The predicted octanol–water partition coefficient (Wildman–Crippen LogP) is 3.78. The second-order valence-electron chi connectivity index (χ2n) is 11.4. The van der Waals surface area contributed by atoms with E-state index in [4.69, 9.17) is 14.7 Å². The van der Waals surface area contributed by atoms with Crippen LogP contribution in [-0.4, -0.2) is 88.7 Å². The lowest BCUT2D eigenvalue weighted by Crippen LogP contribution is -2.44. The van der Waals surface area contributed by atoms with Crippen molar-refractivity contribution in [1.29, 1.82) is 0 Å². The van der Waals surface area contributed by atoms with Crippen LogP contribution in [0.4, 0.5) is 17.3 Å². The molecular weight excluding hydrogens is 556 g/mol. The minimum Gasteiger partial charge on any atom is -0.494 e. The standard InChI is InChI=1S/C33H38N8O3/c1-4-29(42)40-14-8-9-23(21-40)22-41-31-27(35-30(32(41)43)24-10-6-5-7-11-24)20-34-33(37-31)36-26-13-12-25(19-28(26)44-3)39-17-15-38(2)16-18-39/h4-7,10-13,19-20,23H,1,8-9,14-18,21-22H2,2-3H3,(H,34,36,37). The van der Waals surface area contributed by atoms with Crippen LogP contribution < -0.4 is 20.5 Å². The molecule has 44 heavy (non-hydrogen) atoms. The number of methoxy groups -OCH3 is 1. The van der Waals surface area contributed by atoms with Gasteiger partial charge >= 0.3 is 0 Å². The number of likely N-dealkylation sites (N-methyl/N-ethyl adjacent to an activating group) is 1. The van der Waals surface area contributed by atoms with Gasteiger partial charge in [-0.25, -0.2) is 9.97 Å². The minimum atomic E-state index is -0.227. The molecule has 1 N–H and O–H groups in total. The van der Waals surface area contributed by atoms with Gasteiger partial charge in [0.15, 0.2) is 5.65 Å². The normalized spacial score (nSPS) is 17.5. The van der Waals surface area contributed by atoms with Gasteiger partial charge < -0.3 is 24.8 Å². The number of carbonyl (C=O) groups excluding carboxylic acids is 1. The molecule has 1 atom stereocenters. The fourth-order valence-electron chi connectivity index (χ4n) is 6.02. The maximum absolute atomic E-state index is 14.0. The third-order valence-corrected chi connectivity index (χ3v) is 8.48. The Kier molecular flexibility index (Phi) is 8.56. The number of fused-ring (bicyclic) bond motifs is 1. The fourth-order valence-corrected chi connectivity index (χ4v) is 6.02. The highest BCUT2D eigenvalue weighted by molar-refractivity contribution is 5.87. The van der Waals surface area contributed by atoms with Gasteiger partial charge in [0, 0.05) is 63.1 Å². The number of rotatable bonds is 8. The van der Waals surface area contributed by atoms with Gasteiger partial charge in [-0.05, 0) is 44.0 Å². The van der Waals surface area contributed by atoms with Crippen LogP contribution in [0.25, 0.3) is 22.4 Å². The van der Waals surface area contributed by atoms with Crippen LogP contribution in [0.15, 0.2) is 72.2 Å². The lowest BCUT2D eigenvalue weighted by Gasteiger charge is -2.34. The summed E-state index contributed by atoms with van der Waals surface area (Å²) in [5, 5.41) is 3.30. The number of aromatic nitrogens is 4. The molecule has 0 aliphatic carbocycles. The smallest absolute Gasteiger partial charge is 0.278 e. The molecule has 2 aliphatic heterocycles. The van der Waals surface area contributed by atoms with Crippen molar-refractivity contribution in [2.24, 2.45) is 5.92 Å². The second kappa shape index (κ2) is 12.8.